The zero-order valence-corrected chi connectivity index (χ0v) is 22.6. The molecule has 38 heavy (non-hydrogen) atoms. The Hall–Kier alpha value is -4.11. The third-order valence-electron chi connectivity index (χ3n) is 5.56. The summed E-state index contributed by atoms with van der Waals surface area (Å²) < 4.78 is 18.2. The number of amides is 4. The van der Waals surface area contributed by atoms with E-state index in [9.17, 15) is 14.4 Å². The summed E-state index contributed by atoms with van der Waals surface area (Å²) in [6.07, 6.45) is 2.27. The van der Waals surface area contributed by atoms with Crippen molar-refractivity contribution in [3.63, 3.8) is 0 Å². The van der Waals surface area contributed by atoms with E-state index in [1.807, 2.05) is 38.1 Å². The molecule has 0 atom stereocenters. The first-order chi connectivity index (χ1) is 18.4. The van der Waals surface area contributed by atoms with Gasteiger partial charge in [0, 0.05) is 4.47 Å². The first kappa shape index (κ1) is 26.9. The third-order valence-corrected chi connectivity index (χ3v) is 6.08. The Bertz CT molecular complexity index is 1350. The molecule has 0 saturated carbocycles. The van der Waals surface area contributed by atoms with E-state index in [0.29, 0.717) is 48.3 Å². The van der Waals surface area contributed by atoms with Gasteiger partial charge in [-0.05, 0) is 79.1 Å². The van der Waals surface area contributed by atoms with E-state index in [1.165, 1.54) is 6.08 Å². The second-order valence-electron chi connectivity index (χ2n) is 8.35. The quantitative estimate of drug-likeness (QED) is 0.238. The number of carbonyl (C=O) groups excluding carboxylic acids is 3. The van der Waals surface area contributed by atoms with Crippen LogP contribution in [-0.4, -0.2) is 31.1 Å². The van der Waals surface area contributed by atoms with E-state index in [2.05, 4.69) is 21.2 Å². The molecule has 0 aliphatic carbocycles. The van der Waals surface area contributed by atoms with Crippen LogP contribution in [0.15, 0.2) is 76.8 Å². The topological polar surface area (TPSA) is 94.2 Å². The van der Waals surface area contributed by atoms with Gasteiger partial charge in [-0.2, -0.15) is 0 Å². The van der Waals surface area contributed by atoms with E-state index >= 15 is 0 Å². The van der Waals surface area contributed by atoms with Crippen LogP contribution in [0.25, 0.3) is 6.08 Å². The van der Waals surface area contributed by atoms with Crippen molar-refractivity contribution in [1.82, 2.24) is 5.32 Å². The van der Waals surface area contributed by atoms with Crippen LogP contribution in [0, 0.1) is 0 Å². The number of halogens is 1. The predicted molar refractivity (Wildman–Crippen MR) is 147 cm³/mol. The molecule has 1 saturated heterocycles. The maximum absolute atomic E-state index is 13.3. The zero-order chi connectivity index (χ0) is 27.1. The molecule has 1 N–H and O–H groups in total. The normalized spacial score (nSPS) is 14.4. The Balaban J connectivity index is 1.53. The number of anilines is 1. The average Bonchev–Trinajstić information content (AvgIpc) is 2.91. The van der Waals surface area contributed by atoms with Gasteiger partial charge in [0.15, 0.2) is 11.5 Å². The summed E-state index contributed by atoms with van der Waals surface area (Å²) >= 11 is 3.40. The molecule has 196 valence electrons. The number of rotatable bonds is 10. The van der Waals surface area contributed by atoms with Crippen LogP contribution in [0.5, 0.6) is 17.2 Å². The molecule has 0 bridgehead atoms. The summed E-state index contributed by atoms with van der Waals surface area (Å²) in [6.45, 7) is 5.18. The second kappa shape index (κ2) is 12.4. The number of urea groups is 1. The molecule has 0 spiro atoms. The summed E-state index contributed by atoms with van der Waals surface area (Å²) in [7, 11) is 0. The first-order valence-electron chi connectivity index (χ1n) is 12.2. The Labute approximate surface area is 229 Å². The van der Waals surface area contributed by atoms with E-state index in [1.54, 1.807) is 42.5 Å². The molecule has 8 nitrogen and oxygen atoms in total. The number of hydrogen-bond donors (Lipinski definition) is 1. The maximum atomic E-state index is 13.3. The molecule has 0 unspecified atom stereocenters. The molecule has 1 aliphatic heterocycles. The number of imide groups is 2. The number of nitrogens with one attached hydrogen (secondary N) is 1. The van der Waals surface area contributed by atoms with Crippen LogP contribution < -0.4 is 24.4 Å². The van der Waals surface area contributed by atoms with Crippen LogP contribution in [0.4, 0.5) is 10.5 Å². The number of carbonyl (C=O) groups is 3. The van der Waals surface area contributed by atoms with Gasteiger partial charge in [0.1, 0.15) is 17.9 Å². The lowest BCUT2D eigenvalue weighted by Crippen LogP contribution is -2.54. The molecule has 3 aromatic carbocycles. The smallest absolute Gasteiger partial charge is 0.335 e. The Morgan fingerprint density at radius 2 is 1.61 bits per heavy atom. The van der Waals surface area contributed by atoms with Crippen molar-refractivity contribution in [2.75, 3.05) is 18.1 Å². The molecule has 1 fully saturated rings. The van der Waals surface area contributed by atoms with Crippen molar-refractivity contribution in [2.45, 2.75) is 26.9 Å². The average molecular weight is 579 g/mol. The highest BCUT2D eigenvalue weighted by Gasteiger charge is 2.36. The molecule has 0 radical (unpaired) electrons. The molecule has 1 aliphatic rings. The van der Waals surface area contributed by atoms with Gasteiger partial charge in [0.05, 0.1) is 18.9 Å². The van der Waals surface area contributed by atoms with Crippen molar-refractivity contribution in [3.05, 3.63) is 87.9 Å². The van der Waals surface area contributed by atoms with Gasteiger partial charge >= 0.3 is 6.03 Å². The van der Waals surface area contributed by atoms with Gasteiger partial charge in [0.25, 0.3) is 11.8 Å². The highest BCUT2D eigenvalue weighted by atomic mass is 79.9. The van der Waals surface area contributed by atoms with Gasteiger partial charge in [0.2, 0.25) is 0 Å². The van der Waals surface area contributed by atoms with Crippen LogP contribution >= 0.6 is 15.9 Å². The second-order valence-corrected chi connectivity index (χ2v) is 9.27. The van der Waals surface area contributed by atoms with Gasteiger partial charge in [-0.1, -0.05) is 41.1 Å². The lowest BCUT2D eigenvalue weighted by molar-refractivity contribution is -0.122. The lowest BCUT2D eigenvalue weighted by atomic mass is 10.1. The largest absolute Gasteiger partial charge is 0.490 e. The monoisotopic (exact) mass is 578 g/mol. The molecular weight excluding hydrogens is 552 g/mol. The predicted octanol–water partition coefficient (Wildman–Crippen LogP) is 5.88. The summed E-state index contributed by atoms with van der Waals surface area (Å²) in [4.78, 5) is 39.4. The van der Waals surface area contributed by atoms with Crippen LogP contribution in [0.1, 0.15) is 31.4 Å². The van der Waals surface area contributed by atoms with Crippen LogP contribution in [-0.2, 0) is 16.2 Å². The summed E-state index contributed by atoms with van der Waals surface area (Å²) in [5.41, 5.74) is 1.68. The molecule has 1 heterocycles. The summed E-state index contributed by atoms with van der Waals surface area (Å²) in [5, 5.41) is 2.24. The molecular formula is C29H27BrN2O6. The van der Waals surface area contributed by atoms with Gasteiger partial charge in [-0.3, -0.25) is 14.9 Å². The Morgan fingerprint density at radius 3 is 2.29 bits per heavy atom. The molecule has 4 amide bonds. The molecule has 0 aromatic heterocycles. The van der Waals surface area contributed by atoms with E-state index in [4.69, 9.17) is 14.2 Å². The van der Waals surface area contributed by atoms with E-state index in [-0.39, 0.29) is 5.57 Å². The number of ether oxygens (including phenoxy) is 3. The fraction of sp³-hybridized carbons (Fsp3) is 0.207. The first-order valence-corrected chi connectivity index (χ1v) is 13.0. The SMILES string of the molecule is CCCOc1ccc(/C=C2\C(=O)NC(=O)N(c3ccc(OCc4ccc(Br)cc4)cc3)C2=O)cc1OCC. The van der Waals surface area contributed by atoms with Crippen LogP contribution in [0.3, 0.4) is 0 Å². The number of hydrogen-bond acceptors (Lipinski definition) is 6. The molecule has 3 aromatic rings. The van der Waals surface area contributed by atoms with E-state index < -0.39 is 17.8 Å². The minimum atomic E-state index is -0.820. The molecule has 9 heteroatoms. The lowest BCUT2D eigenvalue weighted by Gasteiger charge is -2.26. The fourth-order valence-corrected chi connectivity index (χ4v) is 3.98. The summed E-state index contributed by atoms with van der Waals surface area (Å²) in [6, 6.07) is 18.6. The number of nitrogens with zero attached hydrogens (tertiary/aromatic N) is 1. The number of benzene rings is 3. The minimum Gasteiger partial charge on any atom is -0.490 e. The van der Waals surface area contributed by atoms with Crippen molar-refractivity contribution in [1.29, 1.82) is 0 Å². The van der Waals surface area contributed by atoms with Crippen LogP contribution in [0.2, 0.25) is 0 Å². The van der Waals surface area contributed by atoms with Crippen molar-refractivity contribution >= 4 is 45.5 Å². The van der Waals surface area contributed by atoms with Crippen molar-refractivity contribution in [3.8, 4) is 17.2 Å². The van der Waals surface area contributed by atoms with Gasteiger partial charge in [-0.25, -0.2) is 9.69 Å². The standard InChI is InChI=1S/C29H27BrN2O6/c1-3-15-37-25-14-7-20(17-26(25)36-4-2)16-24-27(33)31-29(35)32(28(24)34)22-10-12-23(13-11-22)38-18-19-5-8-21(30)9-6-19/h5-14,16-17H,3-4,15,18H2,1-2H3,(H,31,33,35)/b24-16+. The number of barbiturate groups is 1. The van der Waals surface area contributed by atoms with E-state index in [0.717, 1.165) is 21.4 Å². The van der Waals surface area contributed by atoms with Crippen molar-refractivity contribution in [2.24, 2.45) is 0 Å². The molecule has 4 rings (SSSR count). The van der Waals surface area contributed by atoms with Crippen molar-refractivity contribution < 1.29 is 28.6 Å². The highest BCUT2D eigenvalue weighted by Crippen LogP contribution is 2.31. The van der Waals surface area contributed by atoms with Gasteiger partial charge < -0.3 is 14.2 Å². The summed E-state index contributed by atoms with van der Waals surface area (Å²) in [5.74, 6) is 0.156. The Morgan fingerprint density at radius 1 is 0.868 bits per heavy atom. The fourth-order valence-electron chi connectivity index (χ4n) is 3.71. The van der Waals surface area contributed by atoms with Gasteiger partial charge in [-0.15, -0.1) is 0 Å². The minimum absolute atomic E-state index is 0.176. The highest BCUT2D eigenvalue weighted by molar-refractivity contribution is 9.10. The Kier molecular flexibility index (Phi) is 8.81. The third kappa shape index (κ3) is 6.41. The maximum Gasteiger partial charge on any atom is 0.335 e. The zero-order valence-electron chi connectivity index (χ0n) is 21.0.